The number of hydrogen-bond donors (Lipinski definition) is 0. The molecule has 4 atom stereocenters. The molecule has 0 bridgehead atoms. The summed E-state index contributed by atoms with van der Waals surface area (Å²) in [6.45, 7) is 11.9. The van der Waals surface area contributed by atoms with Crippen molar-refractivity contribution in [2.45, 2.75) is 81.8 Å². The molecule has 2 rings (SSSR count). The number of nitrogens with zero attached hydrogens (tertiary/aromatic N) is 5. The van der Waals surface area contributed by atoms with Crippen molar-refractivity contribution in [3.8, 4) is 0 Å². The minimum absolute atomic E-state index is 0.00694. The molecule has 10 heteroatoms. The van der Waals surface area contributed by atoms with Gasteiger partial charge in [-0.2, -0.15) is 69.2 Å². The van der Waals surface area contributed by atoms with Crippen LogP contribution in [0.1, 0.15) is 52.9 Å². The van der Waals surface area contributed by atoms with E-state index in [1.807, 2.05) is 11.8 Å². The number of hydrogen-bond acceptors (Lipinski definition) is 1. The summed E-state index contributed by atoms with van der Waals surface area (Å²) >= 11 is 2.01. The first-order chi connectivity index (χ1) is 16.0. The first-order valence-corrected chi connectivity index (χ1v) is 19.8. The summed E-state index contributed by atoms with van der Waals surface area (Å²) in [6, 6.07) is 1.43. The van der Waals surface area contributed by atoms with Gasteiger partial charge in [0.1, 0.15) is 0 Å². The molecule has 0 N–H and O–H groups in total. The fourth-order valence-electron chi connectivity index (χ4n) is 4.00. The van der Waals surface area contributed by atoms with Crippen LogP contribution in [-0.2, 0) is 13.1 Å². The van der Waals surface area contributed by atoms with Gasteiger partial charge in [-0.15, -0.1) is 6.04 Å². The summed E-state index contributed by atoms with van der Waals surface area (Å²) < 4.78 is 0.269. The topological polar surface area (TPSA) is 70.5 Å². The van der Waals surface area contributed by atoms with Crippen molar-refractivity contribution >= 4 is 42.0 Å². The molecule has 2 fully saturated rings. The van der Waals surface area contributed by atoms with Crippen molar-refractivity contribution in [3.05, 3.63) is 26.6 Å². The van der Waals surface area contributed by atoms with Crippen LogP contribution in [0.5, 0.6) is 0 Å². The Balaban J connectivity index is 0.00000182. The van der Waals surface area contributed by atoms with E-state index >= 15 is 0 Å². The molecule has 1 saturated carbocycles. The molecule has 5 nitrogen and oxygen atoms in total. The molecule has 0 aromatic rings. The monoisotopic (exact) mass is 595 g/mol. The van der Waals surface area contributed by atoms with Gasteiger partial charge in [0.2, 0.25) is 0 Å². The van der Waals surface area contributed by atoms with E-state index < -0.39 is 10.0 Å². The van der Waals surface area contributed by atoms with Crippen molar-refractivity contribution in [2.24, 2.45) is 0 Å². The first kappa shape index (κ1) is 33.6. The molecule has 1 aliphatic heterocycles. The zero-order valence-electron chi connectivity index (χ0n) is 22.2. The SMILES string of the molecule is CC(C)(C)SC[C@H]1C[N-][C@@H]2CCCC[C@H]2[N-]C[C@H](CCS(C)(C)C)[N-]CC[N-]CC[N-]1.[Cl][Mn][Cl]. The van der Waals surface area contributed by atoms with Crippen molar-refractivity contribution in [1.82, 2.24) is 0 Å². The Morgan fingerprint density at radius 1 is 0.824 bits per heavy atom. The maximum atomic E-state index is 5.20. The molecule has 0 aromatic heterocycles. The summed E-state index contributed by atoms with van der Waals surface area (Å²) in [7, 11) is 9.10. The van der Waals surface area contributed by atoms with E-state index in [4.69, 9.17) is 46.8 Å². The summed E-state index contributed by atoms with van der Waals surface area (Å²) in [5.74, 6) is 2.33. The second-order valence-corrected chi connectivity index (χ2v) is 19.4. The molecule has 0 spiro atoms. The van der Waals surface area contributed by atoms with Crippen LogP contribution < -0.4 is 0 Å². The van der Waals surface area contributed by atoms with Gasteiger partial charge in [0.25, 0.3) is 0 Å². The quantitative estimate of drug-likeness (QED) is 0.298. The van der Waals surface area contributed by atoms with Crippen LogP contribution in [0.4, 0.5) is 0 Å². The van der Waals surface area contributed by atoms with Gasteiger partial charge in [-0.25, -0.2) is 10.0 Å². The summed E-state index contributed by atoms with van der Waals surface area (Å²) in [6.07, 6.45) is 13.3. The molecule has 1 heterocycles. The van der Waals surface area contributed by atoms with Crippen LogP contribution in [0.2, 0.25) is 0 Å². The Bertz CT molecular complexity index is 467. The zero-order valence-corrected chi connectivity index (χ0v) is 26.5. The Hall–Kier alpha value is 1.60. The van der Waals surface area contributed by atoms with Crippen LogP contribution in [0.25, 0.3) is 26.6 Å². The molecule has 0 amide bonds. The summed E-state index contributed by atoms with van der Waals surface area (Å²) in [4.78, 5) is 0. The van der Waals surface area contributed by atoms with E-state index in [1.54, 1.807) is 0 Å². The third-order valence-corrected chi connectivity index (χ3v) is 8.74. The molecule has 0 aromatic carbocycles. The average Bonchev–Trinajstić information content (AvgIpc) is 2.75. The fraction of sp³-hybridized carbons (Fsp3) is 1.00. The Labute approximate surface area is 231 Å². The molecule has 207 valence electrons. The molecule has 0 radical (unpaired) electrons. The summed E-state index contributed by atoms with van der Waals surface area (Å²) in [5.41, 5.74) is 0. The van der Waals surface area contributed by atoms with E-state index in [2.05, 4.69) is 39.5 Å². The van der Waals surface area contributed by atoms with Crippen molar-refractivity contribution in [3.63, 3.8) is 0 Å². The third-order valence-electron chi connectivity index (χ3n) is 5.86. The van der Waals surface area contributed by atoms with Gasteiger partial charge in [0.05, 0.1) is 0 Å². The molecule has 0 unspecified atom stereocenters. The van der Waals surface area contributed by atoms with E-state index in [9.17, 15) is 0 Å². The predicted molar refractivity (Wildman–Crippen MR) is 158 cm³/mol. The van der Waals surface area contributed by atoms with Gasteiger partial charge in [-0.05, 0) is 30.3 Å². The van der Waals surface area contributed by atoms with Gasteiger partial charge in [0, 0.05) is 4.75 Å². The summed E-state index contributed by atoms with van der Waals surface area (Å²) in [5, 5.41) is 25.1. The molecule has 1 saturated heterocycles. The van der Waals surface area contributed by atoms with Crippen LogP contribution in [0.15, 0.2) is 0 Å². The molecular weight excluding hydrogens is 548 g/mol. The van der Waals surface area contributed by atoms with Crippen LogP contribution in [-0.4, -0.2) is 98.5 Å². The Morgan fingerprint density at radius 3 is 1.82 bits per heavy atom. The van der Waals surface area contributed by atoms with Crippen LogP contribution in [0, 0.1) is 0 Å². The fourth-order valence-corrected chi connectivity index (χ4v) is 5.89. The number of fused-ring (bicyclic) bond motifs is 1. The second-order valence-electron chi connectivity index (χ2n) is 11.0. The number of halogens is 2. The van der Waals surface area contributed by atoms with Gasteiger partial charge in [-0.1, -0.05) is 52.9 Å². The first-order valence-electron chi connectivity index (χ1n) is 12.5. The van der Waals surface area contributed by atoms with Crippen molar-refractivity contribution in [2.75, 3.05) is 69.5 Å². The minimum atomic E-state index is -0.493. The average molecular weight is 597 g/mol. The van der Waals surface area contributed by atoms with E-state index in [-0.39, 0.29) is 17.9 Å². The Morgan fingerprint density at radius 2 is 1.32 bits per heavy atom. The Kier molecular flexibility index (Phi) is 18.6. The molecular formula is C24H48Cl2MnN5S2-5. The standard InChI is InChI=1S/C24H48N5S2.2ClH.Mn/c1-24(2,3)30-19-21-18-29-23-10-8-7-9-22(23)28-17-20(11-16-31(4,5)6)26-14-12-25-13-15-27-21;;;/h20-23H,7-19H2,1-6H3;2*1H;/q-5;;;+2/p-2/t20-,21+,22+,23+;;;/m0.../s1. The van der Waals surface area contributed by atoms with E-state index in [0.717, 1.165) is 51.4 Å². The van der Waals surface area contributed by atoms with Crippen LogP contribution in [0.3, 0.4) is 0 Å². The number of rotatable bonds is 5. The molecule has 2 aliphatic rings. The second kappa shape index (κ2) is 18.8. The van der Waals surface area contributed by atoms with Gasteiger partial charge in [0.15, 0.2) is 0 Å². The van der Waals surface area contributed by atoms with Crippen molar-refractivity contribution in [1.29, 1.82) is 0 Å². The third kappa shape index (κ3) is 18.0. The van der Waals surface area contributed by atoms with Gasteiger partial charge < -0.3 is 26.6 Å². The zero-order chi connectivity index (χ0) is 25.5. The predicted octanol–water partition coefficient (Wildman–Crippen LogP) is 7.91. The molecule has 34 heavy (non-hydrogen) atoms. The maximum absolute atomic E-state index is 5.20. The van der Waals surface area contributed by atoms with Crippen molar-refractivity contribution < 1.29 is 13.1 Å². The van der Waals surface area contributed by atoms with Gasteiger partial charge >= 0.3 is 33.3 Å². The van der Waals surface area contributed by atoms with E-state index in [1.165, 1.54) is 31.4 Å². The molecule has 1 aliphatic carbocycles. The van der Waals surface area contributed by atoms with Crippen LogP contribution >= 0.6 is 42.0 Å². The normalized spacial score (nSPS) is 29.1. The van der Waals surface area contributed by atoms with Gasteiger partial charge in [-0.3, -0.25) is 0 Å². The van der Waals surface area contributed by atoms with E-state index in [0.29, 0.717) is 24.2 Å². The number of thioether (sulfide) groups is 1.